The summed E-state index contributed by atoms with van der Waals surface area (Å²) in [5.74, 6) is -2.44. The van der Waals surface area contributed by atoms with E-state index in [0.717, 1.165) is 0 Å². The van der Waals surface area contributed by atoms with Crippen LogP contribution in [-0.2, 0) is 9.59 Å². The monoisotopic (exact) mass is 288 g/mol. The molecule has 0 heterocycles. The number of rotatable bonds is 3. The van der Waals surface area contributed by atoms with E-state index in [1.54, 1.807) is 0 Å². The summed E-state index contributed by atoms with van der Waals surface area (Å²) in [7, 11) is 0. The second-order valence-electron chi connectivity index (χ2n) is 2.08. The van der Waals surface area contributed by atoms with Crippen LogP contribution in [0.15, 0.2) is 0 Å². The van der Waals surface area contributed by atoms with Gasteiger partial charge in [0.1, 0.15) is 9.15 Å². The zero-order valence-corrected chi connectivity index (χ0v) is 8.72. The van der Waals surface area contributed by atoms with E-state index in [9.17, 15) is 9.59 Å². The highest BCUT2D eigenvalue weighted by molar-refractivity contribution is 9.13. The molecule has 0 aromatic heterocycles. The maximum atomic E-state index is 10.4. The van der Waals surface area contributed by atoms with Gasteiger partial charge in [-0.15, -0.1) is 0 Å². The third kappa shape index (κ3) is 2.44. The molecule has 0 aliphatic rings. The SMILES string of the molecule is CC(Br)(C(=O)O)C(Br)C(=O)O. The first-order valence-electron chi connectivity index (χ1n) is 2.59. The van der Waals surface area contributed by atoms with E-state index in [-0.39, 0.29) is 0 Å². The summed E-state index contributed by atoms with van der Waals surface area (Å²) in [5, 5.41) is 16.9. The van der Waals surface area contributed by atoms with Gasteiger partial charge in [-0.1, -0.05) is 31.9 Å². The van der Waals surface area contributed by atoms with E-state index in [0.29, 0.717) is 0 Å². The summed E-state index contributed by atoms with van der Waals surface area (Å²) in [6.07, 6.45) is 0. The number of hydrogen-bond donors (Lipinski definition) is 2. The molecule has 6 heteroatoms. The molecule has 2 unspecified atom stereocenters. The lowest BCUT2D eigenvalue weighted by Crippen LogP contribution is -2.42. The zero-order valence-electron chi connectivity index (χ0n) is 5.54. The van der Waals surface area contributed by atoms with Gasteiger partial charge in [0.15, 0.2) is 0 Å². The molecule has 11 heavy (non-hydrogen) atoms. The highest BCUT2D eigenvalue weighted by Crippen LogP contribution is 2.28. The molecule has 0 rings (SSSR count). The van der Waals surface area contributed by atoms with Gasteiger partial charge in [0.25, 0.3) is 0 Å². The van der Waals surface area contributed by atoms with Crippen molar-refractivity contribution in [3.05, 3.63) is 0 Å². The fraction of sp³-hybridized carbons (Fsp3) is 0.600. The minimum Gasteiger partial charge on any atom is -0.480 e. The van der Waals surface area contributed by atoms with E-state index < -0.39 is 21.1 Å². The molecule has 0 fully saturated rings. The summed E-state index contributed by atoms with van der Waals surface area (Å²) >= 11 is 5.52. The van der Waals surface area contributed by atoms with E-state index in [4.69, 9.17) is 10.2 Å². The number of carboxylic acids is 2. The molecule has 0 aromatic carbocycles. The van der Waals surface area contributed by atoms with Crippen LogP contribution in [0.1, 0.15) is 6.92 Å². The van der Waals surface area contributed by atoms with Crippen LogP contribution in [0.4, 0.5) is 0 Å². The van der Waals surface area contributed by atoms with E-state index in [1.807, 2.05) is 0 Å². The molecule has 0 radical (unpaired) electrons. The molecule has 0 bridgehead atoms. The van der Waals surface area contributed by atoms with Gasteiger partial charge < -0.3 is 10.2 Å². The Morgan fingerprint density at radius 2 is 1.82 bits per heavy atom. The number of carbonyl (C=O) groups is 2. The van der Waals surface area contributed by atoms with Crippen LogP contribution in [0.25, 0.3) is 0 Å². The van der Waals surface area contributed by atoms with Crippen LogP contribution >= 0.6 is 31.9 Å². The summed E-state index contributed by atoms with van der Waals surface area (Å²) in [4.78, 5) is 19.6. The average Bonchev–Trinajstić information content (AvgIpc) is 1.85. The van der Waals surface area contributed by atoms with Crippen molar-refractivity contribution >= 4 is 43.8 Å². The summed E-state index contributed by atoms with van der Waals surface area (Å²) in [5.41, 5.74) is 0. The van der Waals surface area contributed by atoms with Crippen LogP contribution in [0, 0.1) is 0 Å². The van der Waals surface area contributed by atoms with Crippen molar-refractivity contribution in [3.63, 3.8) is 0 Å². The molecule has 2 atom stereocenters. The summed E-state index contributed by atoms with van der Waals surface area (Å²) < 4.78 is -1.47. The first kappa shape index (κ1) is 10.9. The molecule has 0 spiro atoms. The van der Waals surface area contributed by atoms with Crippen LogP contribution in [0.3, 0.4) is 0 Å². The smallest absolute Gasteiger partial charge is 0.321 e. The molecule has 0 aliphatic heterocycles. The van der Waals surface area contributed by atoms with Gasteiger partial charge in [0.05, 0.1) is 0 Å². The number of aliphatic carboxylic acids is 2. The first-order chi connectivity index (χ1) is 4.80. The van der Waals surface area contributed by atoms with Crippen LogP contribution in [0.2, 0.25) is 0 Å². The molecule has 0 amide bonds. The molecule has 2 N–H and O–H groups in total. The molecule has 0 aliphatic carbocycles. The quantitative estimate of drug-likeness (QED) is 0.762. The second kappa shape index (κ2) is 3.53. The zero-order chi connectivity index (χ0) is 9.23. The van der Waals surface area contributed by atoms with Gasteiger partial charge in [-0.25, -0.2) is 0 Å². The van der Waals surface area contributed by atoms with Crippen LogP contribution in [-0.4, -0.2) is 31.3 Å². The predicted molar refractivity (Wildman–Crippen MR) is 45.3 cm³/mol. The van der Waals surface area contributed by atoms with Gasteiger partial charge in [-0.3, -0.25) is 9.59 Å². The average molecular weight is 290 g/mol. The molecule has 4 nitrogen and oxygen atoms in total. The third-order valence-corrected chi connectivity index (χ3v) is 3.83. The van der Waals surface area contributed by atoms with Crippen molar-refractivity contribution in [2.24, 2.45) is 0 Å². The largest absolute Gasteiger partial charge is 0.480 e. The van der Waals surface area contributed by atoms with Crippen molar-refractivity contribution in [1.29, 1.82) is 0 Å². The van der Waals surface area contributed by atoms with Crippen LogP contribution < -0.4 is 0 Å². The Morgan fingerprint density at radius 1 is 1.45 bits per heavy atom. The Hall–Kier alpha value is -0.100. The Bertz CT molecular complexity index is 189. The normalized spacial score (nSPS) is 18.5. The van der Waals surface area contributed by atoms with E-state index in [1.165, 1.54) is 6.92 Å². The van der Waals surface area contributed by atoms with Crippen molar-refractivity contribution in [1.82, 2.24) is 0 Å². The Balaban J connectivity index is 4.55. The van der Waals surface area contributed by atoms with Gasteiger partial charge in [-0.05, 0) is 6.92 Å². The van der Waals surface area contributed by atoms with Crippen molar-refractivity contribution in [2.75, 3.05) is 0 Å². The molecular formula is C5H6Br2O4. The van der Waals surface area contributed by atoms with Crippen LogP contribution in [0.5, 0.6) is 0 Å². The van der Waals surface area contributed by atoms with Gasteiger partial charge in [-0.2, -0.15) is 0 Å². The number of hydrogen-bond acceptors (Lipinski definition) is 2. The predicted octanol–water partition coefficient (Wildman–Crippen LogP) is 1.07. The summed E-state index contributed by atoms with van der Waals surface area (Å²) in [6.45, 7) is 1.27. The van der Waals surface area contributed by atoms with Crippen molar-refractivity contribution < 1.29 is 19.8 Å². The topological polar surface area (TPSA) is 74.6 Å². The van der Waals surface area contributed by atoms with Crippen molar-refractivity contribution in [3.8, 4) is 0 Å². The maximum Gasteiger partial charge on any atom is 0.321 e. The molecule has 64 valence electrons. The second-order valence-corrected chi connectivity index (χ2v) is 4.64. The lowest BCUT2D eigenvalue weighted by molar-refractivity contribution is -0.144. The number of alkyl halides is 2. The molecule has 0 saturated heterocycles. The minimum atomic E-state index is -1.47. The van der Waals surface area contributed by atoms with Gasteiger partial charge in [0.2, 0.25) is 0 Å². The highest BCUT2D eigenvalue weighted by atomic mass is 79.9. The maximum absolute atomic E-state index is 10.4. The fourth-order valence-corrected chi connectivity index (χ4v) is 0.732. The lowest BCUT2D eigenvalue weighted by atomic mass is 10.1. The Labute approximate surface area is 79.8 Å². The first-order valence-corrected chi connectivity index (χ1v) is 4.30. The number of halogens is 2. The fourth-order valence-electron chi connectivity index (χ4n) is 0.340. The van der Waals surface area contributed by atoms with Gasteiger partial charge >= 0.3 is 11.9 Å². The van der Waals surface area contributed by atoms with Crippen molar-refractivity contribution in [2.45, 2.75) is 16.1 Å². The minimum absolute atomic E-state index is 1.15. The Kier molecular flexibility index (Phi) is 3.50. The molecule has 0 saturated carbocycles. The summed E-state index contributed by atoms with van der Waals surface area (Å²) in [6, 6.07) is 0. The van der Waals surface area contributed by atoms with Gasteiger partial charge in [0, 0.05) is 0 Å². The third-order valence-electron chi connectivity index (χ3n) is 1.11. The molecular weight excluding hydrogens is 284 g/mol. The molecule has 0 aromatic rings. The van der Waals surface area contributed by atoms with E-state index in [2.05, 4.69) is 31.9 Å². The standard InChI is InChI=1S/C5H6Br2O4/c1-5(7,4(10)11)2(6)3(8)9/h2H,1H3,(H,8,9)(H,10,11). The highest BCUT2D eigenvalue weighted by Gasteiger charge is 2.42. The van der Waals surface area contributed by atoms with E-state index >= 15 is 0 Å². The Morgan fingerprint density at radius 3 is 1.91 bits per heavy atom. The number of carboxylic acid groups (broad SMARTS) is 2. The lowest BCUT2D eigenvalue weighted by Gasteiger charge is -2.19.